The molecule has 0 aliphatic rings. The van der Waals surface area contributed by atoms with Crippen molar-refractivity contribution >= 4 is 71.6 Å². The molecule has 2 heterocycles. The maximum atomic E-state index is 6.71. The highest BCUT2D eigenvalue weighted by molar-refractivity contribution is 6.20. The van der Waals surface area contributed by atoms with Gasteiger partial charge in [-0.2, -0.15) is 0 Å². The van der Waals surface area contributed by atoms with Crippen molar-refractivity contribution < 1.29 is 4.42 Å². The predicted molar refractivity (Wildman–Crippen MR) is 257 cm³/mol. The molecule has 10 aromatic carbocycles. The zero-order valence-electron chi connectivity index (χ0n) is 33.2. The predicted octanol–water partition coefficient (Wildman–Crippen LogP) is 16.3. The summed E-state index contributed by atoms with van der Waals surface area (Å²) in [7, 11) is 0. The summed E-state index contributed by atoms with van der Waals surface area (Å²) in [5.74, 6) is 0. The summed E-state index contributed by atoms with van der Waals surface area (Å²) in [6.45, 7) is 0. The number of aromatic nitrogens is 1. The van der Waals surface area contributed by atoms with Crippen molar-refractivity contribution in [3.63, 3.8) is 0 Å². The van der Waals surface area contributed by atoms with Crippen LogP contribution in [0.2, 0.25) is 0 Å². The van der Waals surface area contributed by atoms with Crippen molar-refractivity contribution in [2.24, 2.45) is 0 Å². The van der Waals surface area contributed by atoms with Gasteiger partial charge in [0.05, 0.1) is 11.0 Å². The Bertz CT molecular complexity index is 3570. The quantitative estimate of drug-likeness (QED) is 0.161. The molecule has 61 heavy (non-hydrogen) atoms. The van der Waals surface area contributed by atoms with Crippen molar-refractivity contribution in [1.82, 2.24) is 4.57 Å². The molecule has 286 valence electrons. The van der Waals surface area contributed by atoms with E-state index < -0.39 is 0 Å². The van der Waals surface area contributed by atoms with Crippen molar-refractivity contribution in [2.75, 3.05) is 4.90 Å². The van der Waals surface area contributed by atoms with E-state index in [-0.39, 0.29) is 0 Å². The van der Waals surface area contributed by atoms with Crippen LogP contribution in [0.15, 0.2) is 235 Å². The minimum atomic E-state index is 0.855. The van der Waals surface area contributed by atoms with E-state index in [9.17, 15) is 0 Å². The largest absolute Gasteiger partial charge is 0.456 e. The standard InChI is InChI=1S/C58H38N2O/c1-4-13-39(14-5-1)41-23-28-47(29-24-41)59(48-20-12-17-42(36-48)40-15-6-2-7-16-40)49-30-33-53-57(38-49)61-56-34-27-45-35-43(25-31-50(45)58(53)56)44-26-32-52-51-21-10-11-22-54(51)60(55(52)37-44)46-18-8-3-9-19-46/h1-38H. The van der Waals surface area contributed by atoms with Crippen LogP contribution in [0.5, 0.6) is 0 Å². The molecule has 3 heteroatoms. The van der Waals surface area contributed by atoms with Crippen LogP contribution in [0.25, 0.3) is 93.6 Å². The van der Waals surface area contributed by atoms with E-state index in [1.165, 1.54) is 60.4 Å². The van der Waals surface area contributed by atoms with Gasteiger partial charge in [0.15, 0.2) is 0 Å². The van der Waals surface area contributed by atoms with Gasteiger partial charge in [0.2, 0.25) is 0 Å². The molecular weight excluding hydrogens is 741 g/mol. The second-order valence-corrected chi connectivity index (χ2v) is 15.7. The van der Waals surface area contributed by atoms with Gasteiger partial charge in [-0.1, -0.05) is 152 Å². The second kappa shape index (κ2) is 14.3. The first-order valence-corrected chi connectivity index (χ1v) is 20.8. The summed E-state index contributed by atoms with van der Waals surface area (Å²) < 4.78 is 9.09. The Labute approximate surface area is 353 Å². The third-order valence-corrected chi connectivity index (χ3v) is 12.2. The van der Waals surface area contributed by atoms with Gasteiger partial charge in [-0.15, -0.1) is 0 Å². The highest BCUT2D eigenvalue weighted by atomic mass is 16.3. The van der Waals surface area contributed by atoms with E-state index in [1.807, 2.05) is 0 Å². The fraction of sp³-hybridized carbons (Fsp3) is 0. The lowest BCUT2D eigenvalue weighted by Gasteiger charge is -2.26. The molecule has 0 N–H and O–H groups in total. The van der Waals surface area contributed by atoms with Crippen LogP contribution in [0.1, 0.15) is 0 Å². The van der Waals surface area contributed by atoms with Gasteiger partial charge >= 0.3 is 0 Å². The van der Waals surface area contributed by atoms with Crippen LogP contribution < -0.4 is 4.90 Å². The van der Waals surface area contributed by atoms with Crippen molar-refractivity contribution in [3.8, 4) is 39.1 Å². The average Bonchev–Trinajstić information content (AvgIpc) is 3.88. The van der Waals surface area contributed by atoms with Gasteiger partial charge in [0, 0.05) is 50.4 Å². The SMILES string of the molecule is c1ccc(-c2ccc(N(c3cccc(-c4ccccc4)c3)c3ccc4c(c3)oc3ccc5cc(-c6ccc7c8ccccc8n(-c8ccccc8)c7c6)ccc5c34)cc2)cc1. The van der Waals surface area contributed by atoms with E-state index in [2.05, 4.69) is 240 Å². The molecule has 0 amide bonds. The maximum Gasteiger partial charge on any atom is 0.137 e. The van der Waals surface area contributed by atoms with Crippen LogP contribution in [0.3, 0.4) is 0 Å². The van der Waals surface area contributed by atoms with E-state index in [0.717, 1.165) is 50.3 Å². The third kappa shape index (κ3) is 5.98. The van der Waals surface area contributed by atoms with Crippen molar-refractivity contribution in [3.05, 3.63) is 231 Å². The monoisotopic (exact) mass is 778 g/mol. The van der Waals surface area contributed by atoms with Crippen LogP contribution in [0, 0.1) is 0 Å². The molecule has 0 radical (unpaired) electrons. The zero-order valence-corrected chi connectivity index (χ0v) is 33.2. The Morgan fingerprint density at radius 1 is 0.311 bits per heavy atom. The van der Waals surface area contributed by atoms with Crippen LogP contribution in [0.4, 0.5) is 17.1 Å². The van der Waals surface area contributed by atoms with Gasteiger partial charge < -0.3 is 13.9 Å². The molecule has 12 aromatic rings. The minimum Gasteiger partial charge on any atom is -0.456 e. The summed E-state index contributed by atoms with van der Waals surface area (Å²) in [6.07, 6.45) is 0. The van der Waals surface area contributed by atoms with E-state index in [1.54, 1.807) is 0 Å². The summed E-state index contributed by atoms with van der Waals surface area (Å²) in [6, 6.07) is 82.8. The molecule has 12 rings (SSSR count). The number of furan rings is 1. The Morgan fingerprint density at radius 2 is 0.869 bits per heavy atom. The topological polar surface area (TPSA) is 21.3 Å². The average molecular weight is 779 g/mol. The lowest BCUT2D eigenvalue weighted by molar-refractivity contribution is 0.669. The molecule has 0 saturated carbocycles. The van der Waals surface area contributed by atoms with Crippen LogP contribution in [-0.4, -0.2) is 4.57 Å². The summed E-state index contributed by atoms with van der Waals surface area (Å²) >= 11 is 0. The fourth-order valence-electron chi connectivity index (χ4n) is 9.25. The molecule has 0 atom stereocenters. The minimum absolute atomic E-state index is 0.855. The summed E-state index contributed by atoms with van der Waals surface area (Å²) in [5, 5.41) is 7.10. The first kappa shape index (κ1) is 34.9. The first-order chi connectivity index (χ1) is 30.2. The highest BCUT2D eigenvalue weighted by Gasteiger charge is 2.19. The molecule has 0 saturated heterocycles. The van der Waals surface area contributed by atoms with Gasteiger partial charge in [0.1, 0.15) is 11.2 Å². The van der Waals surface area contributed by atoms with Crippen molar-refractivity contribution in [1.29, 1.82) is 0 Å². The summed E-state index contributed by atoms with van der Waals surface area (Å²) in [5.41, 5.74) is 15.6. The molecule has 0 aliphatic carbocycles. The molecule has 0 fully saturated rings. The molecule has 0 unspecified atom stereocenters. The van der Waals surface area contributed by atoms with Crippen LogP contribution in [-0.2, 0) is 0 Å². The lowest BCUT2D eigenvalue weighted by atomic mass is 9.97. The maximum absolute atomic E-state index is 6.71. The van der Waals surface area contributed by atoms with E-state index >= 15 is 0 Å². The Hall–Kier alpha value is -8.14. The molecule has 2 aromatic heterocycles. The highest BCUT2D eigenvalue weighted by Crippen LogP contribution is 2.43. The van der Waals surface area contributed by atoms with E-state index in [4.69, 9.17) is 4.42 Å². The Kier molecular flexibility index (Phi) is 8.17. The number of hydrogen-bond acceptors (Lipinski definition) is 2. The number of benzene rings is 10. The number of fused-ring (bicyclic) bond motifs is 8. The van der Waals surface area contributed by atoms with E-state index in [0.29, 0.717) is 0 Å². The molecule has 0 aliphatic heterocycles. The Morgan fingerprint density at radius 3 is 1.66 bits per heavy atom. The molecule has 0 spiro atoms. The molecular formula is C58H38N2O. The Balaban J connectivity index is 0.959. The molecule has 3 nitrogen and oxygen atoms in total. The van der Waals surface area contributed by atoms with Gasteiger partial charge in [-0.25, -0.2) is 0 Å². The smallest absolute Gasteiger partial charge is 0.137 e. The first-order valence-electron chi connectivity index (χ1n) is 20.8. The number of para-hydroxylation sites is 2. The zero-order chi connectivity index (χ0) is 40.3. The number of hydrogen-bond donors (Lipinski definition) is 0. The number of anilines is 3. The van der Waals surface area contributed by atoms with Crippen LogP contribution >= 0.6 is 0 Å². The van der Waals surface area contributed by atoms with Gasteiger partial charge in [-0.3, -0.25) is 0 Å². The lowest BCUT2D eigenvalue weighted by Crippen LogP contribution is -2.10. The van der Waals surface area contributed by atoms with Gasteiger partial charge in [-0.05, 0) is 117 Å². The number of nitrogens with zero attached hydrogens (tertiary/aromatic N) is 2. The number of rotatable bonds is 7. The van der Waals surface area contributed by atoms with Gasteiger partial charge in [0.25, 0.3) is 0 Å². The molecule has 0 bridgehead atoms. The normalized spacial score (nSPS) is 11.6. The third-order valence-electron chi connectivity index (χ3n) is 12.2. The van der Waals surface area contributed by atoms with Crippen molar-refractivity contribution in [2.45, 2.75) is 0 Å². The summed E-state index contributed by atoms with van der Waals surface area (Å²) in [4.78, 5) is 2.33. The second-order valence-electron chi connectivity index (χ2n) is 15.7. The fourth-order valence-corrected chi connectivity index (χ4v) is 9.25.